The van der Waals surface area contributed by atoms with E-state index in [1.807, 2.05) is 35.9 Å². The van der Waals surface area contributed by atoms with Gasteiger partial charge in [-0.2, -0.15) is 4.98 Å². The molecule has 2 N–H and O–H groups in total. The minimum atomic E-state index is -0.556. The Balaban J connectivity index is 1.35. The molecule has 3 heterocycles. The van der Waals surface area contributed by atoms with Crippen molar-refractivity contribution in [1.82, 2.24) is 24.8 Å². The van der Waals surface area contributed by atoms with Gasteiger partial charge in [-0.1, -0.05) is 12.1 Å². The van der Waals surface area contributed by atoms with E-state index in [4.69, 9.17) is 13.9 Å². The second-order valence-electron chi connectivity index (χ2n) is 7.55. The molecule has 0 spiro atoms. The second-order valence-corrected chi connectivity index (χ2v) is 7.55. The molecule has 3 aromatic heterocycles. The molecule has 10 heteroatoms. The van der Waals surface area contributed by atoms with E-state index < -0.39 is 6.09 Å². The first kappa shape index (κ1) is 21.3. The fraction of sp³-hybridized carbons (Fsp3) is 0.167. The van der Waals surface area contributed by atoms with Gasteiger partial charge in [0.15, 0.2) is 11.3 Å². The highest BCUT2D eigenvalue weighted by Crippen LogP contribution is 2.31. The fourth-order valence-corrected chi connectivity index (χ4v) is 3.65. The van der Waals surface area contributed by atoms with Gasteiger partial charge in [0.1, 0.15) is 22.5 Å². The number of nitrogens with one attached hydrogen (secondary N) is 2. The van der Waals surface area contributed by atoms with Crippen molar-refractivity contribution in [2.24, 2.45) is 7.05 Å². The number of fused-ring (bicyclic) bond motifs is 3. The van der Waals surface area contributed by atoms with Crippen LogP contribution in [0.4, 0.5) is 10.6 Å². The van der Waals surface area contributed by atoms with Gasteiger partial charge in [0.2, 0.25) is 5.89 Å². The zero-order chi connectivity index (χ0) is 23.7. The highest BCUT2D eigenvalue weighted by Gasteiger charge is 2.18. The minimum Gasteiger partial charge on any atom is -0.497 e. The van der Waals surface area contributed by atoms with Crippen molar-refractivity contribution in [3.8, 4) is 23.0 Å². The van der Waals surface area contributed by atoms with Crippen molar-refractivity contribution >= 4 is 34.2 Å². The molecule has 0 aliphatic carbocycles. The van der Waals surface area contributed by atoms with Crippen molar-refractivity contribution < 1.29 is 18.7 Å². The number of oxazole rings is 1. The van der Waals surface area contributed by atoms with E-state index in [9.17, 15) is 4.79 Å². The Morgan fingerprint density at radius 3 is 2.65 bits per heavy atom. The first-order valence-corrected chi connectivity index (χ1v) is 10.5. The number of amides is 1. The molecule has 0 unspecified atom stereocenters. The van der Waals surface area contributed by atoms with E-state index in [-0.39, 0.29) is 6.54 Å². The summed E-state index contributed by atoms with van der Waals surface area (Å²) in [5.41, 5.74) is 4.25. The number of hydrogen-bond donors (Lipinski definition) is 2. The summed E-state index contributed by atoms with van der Waals surface area (Å²) in [6.45, 7) is 0.275. The van der Waals surface area contributed by atoms with E-state index in [0.717, 1.165) is 22.2 Å². The maximum Gasteiger partial charge on any atom is 0.412 e. The van der Waals surface area contributed by atoms with Crippen LogP contribution in [0.1, 0.15) is 5.56 Å². The topological polar surface area (TPSA) is 116 Å². The third kappa shape index (κ3) is 3.96. The molecule has 5 rings (SSSR count). The summed E-state index contributed by atoms with van der Waals surface area (Å²) >= 11 is 0. The van der Waals surface area contributed by atoms with Gasteiger partial charge < -0.3 is 29.1 Å². The van der Waals surface area contributed by atoms with Crippen LogP contribution >= 0.6 is 0 Å². The van der Waals surface area contributed by atoms with E-state index in [1.165, 1.54) is 0 Å². The number of nitrogens with zero attached hydrogens (tertiary/aromatic N) is 4. The van der Waals surface area contributed by atoms with Gasteiger partial charge in [-0.3, -0.25) is 0 Å². The van der Waals surface area contributed by atoms with Gasteiger partial charge in [0, 0.05) is 26.2 Å². The number of carbonyl (C=O) groups excluding carboxylic acids is 1. The van der Waals surface area contributed by atoms with Crippen molar-refractivity contribution in [2.75, 3.05) is 19.5 Å². The van der Waals surface area contributed by atoms with Crippen molar-refractivity contribution in [3.05, 3.63) is 60.4 Å². The first-order valence-electron chi connectivity index (χ1n) is 10.5. The van der Waals surface area contributed by atoms with Crippen molar-refractivity contribution in [2.45, 2.75) is 6.54 Å². The fourth-order valence-electron chi connectivity index (χ4n) is 3.65. The van der Waals surface area contributed by atoms with Crippen molar-refractivity contribution in [1.29, 1.82) is 0 Å². The Morgan fingerprint density at radius 2 is 1.88 bits per heavy atom. The zero-order valence-electron chi connectivity index (χ0n) is 18.8. The van der Waals surface area contributed by atoms with Crippen LogP contribution in [-0.4, -0.2) is 39.8 Å². The summed E-state index contributed by atoms with van der Waals surface area (Å²) in [5.74, 6) is 2.17. The SMILES string of the molecule is CNc1nc2oc(-c3cccc(CNC(=O)Oc4ccc(OC)cc4)c3)nc2c2c1ncn2C. The van der Waals surface area contributed by atoms with Gasteiger partial charge in [0.05, 0.1) is 13.4 Å². The summed E-state index contributed by atoms with van der Waals surface area (Å²) in [6.07, 6.45) is 1.16. The Bertz CT molecular complexity index is 1490. The predicted octanol–water partition coefficient (Wildman–Crippen LogP) is 4.12. The molecular weight excluding hydrogens is 436 g/mol. The molecule has 5 aromatic rings. The lowest BCUT2D eigenvalue weighted by Gasteiger charge is -2.08. The van der Waals surface area contributed by atoms with E-state index >= 15 is 0 Å². The van der Waals surface area contributed by atoms with Crippen LogP contribution in [0, 0.1) is 0 Å². The minimum absolute atomic E-state index is 0.275. The summed E-state index contributed by atoms with van der Waals surface area (Å²) < 4.78 is 18.3. The van der Waals surface area contributed by atoms with E-state index in [0.29, 0.717) is 34.4 Å². The predicted molar refractivity (Wildman–Crippen MR) is 127 cm³/mol. The van der Waals surface area contributed by atoms with Crippen LogP contribution in [-0.2, 0) is 13.6 Å². The first-order chi connectivity index (χ1) is 16.6. The number of imidazole rings is 1. The molecule has 172 valence electrons. The van der Waals surface area contributed by atoms with E-state index in [1.54, 1.807) is 44.8 Å². The van der Waals surface area contributed by atoms with Gasteiger partial charge >= 0.3 is 6.09 Å². The normalized spacial score (nSPS) is 11.0. The molecule has 0 saturated heterocycles. The molecule has 0 aliphatic heterocycles. The van der Waals surface area contributed by atoms with E-state index in [2.05, 4.69) is 25.6 Å². The van der Waals surface area contributed by atoms with Gasteiger partial charge in [-0.05, 0) is 42.0 Å². The van der Waals surface area contributed by atoms with Crippen LogP contribution in [0.25, 0.3) is 33.7 Å². The van der Waals surface area contributed by atoms with Crippen molar-refractivity contribution in [3.63, 3.8) is 0 Å². The monoisotopic (exact) mass is 458 g/mol. The Hall–Kier alpha value is -4.60. The van der Waals surface area contributed by atoms with Gasteiger partial charge in [-0.25, -0.2) is 14.8 Å². The summed E-state index contributed by atoms with van der Waals surface area (Å²) in [5, 5.41) is 5.80. The number of anilines is 1. The molecule has 0 fully saturated rings. The molecular formula is C24H22N6O4. The number of ether oxygens (including phenoxy) is 2. The maximum absolute atomic E-state index is 12.2. The van der Waals surface area contributed by atoms with Crippen LogP contribution in [0.5, 0.6) is 11.5 Å². The smallest absolute Gasteiger partial charge is 0.412 e. The Morgan fingerprint density at radius 1 is 1.09 bits per heavy atom. The number of benzene rings is 2. The molecule has 0 atom stereocenters. The lowest BCUT2D eigenvalue weighted by atomic mass is 10.1. The summed E-state index contributed by atoms with van der Waals surface area (Å²) in [7, 11) is 5.27. The van der Waals surface area contributed by atoms with Gasteiger partial charge in [-0.15, -0.1) is 0 Å². The summed E-state index contributed by atoms with van der Waals surface area (Å²) in [6, 6.07) is 14.3. The standard InChI is InChI=1S/C24H22N6O4/c1-25-21-18-20(30(2)13-27-18)19-23(29-21)34-22(28-19)15-6-4-5-14(11-15)12-26-24(31)33-17-9-7-16(32-3)8-10-17/h4-11,13H,12H2,1-3H3,(H,25,29)(H,26,31). The van der Waals surface area contributed by atoms with Crippen LogP contribution in [0.3, 0.4) is 0 Å². The lowest BCUT2D eigenvalue weighted by Crippen LogP contribution is -2.26. The number of methoxy groups -OCH3 is 1. The highest BCUT2D eigenvalue weighted by atomic mass is 16.6. The highest BCUT2D eigenvalue weighted by molar-refractivity contribution is 6.03. The molecule has 34 heavy (non-hydrogen) atoms. The molecule has 0 saturated carbocycles. The lowest BCUT2D eigenvalue weighted by molar-refractivity contribution is 0.200. The van der Waals surface area contributed by atoms with Crippen LogP contribution in [0.15, 0.2) is 59.3 Å². The second kappa shape index (κ2) is 8.74. The Labute approximate surface area is 194 Å². The third-order valence-corrected chi connectivity index (χ3v) is 5.33. The number of aryl methyl sites for hydroxylation is 1. The number of rotatable bonds is 6. The molecule has 10 nitrogen and oxygen atoms in total. The molecule has 2 aromatic carbocycles. The zero-order valence-corrected chi connectivity index (χ0v) is 18.8. The van der Waals surface area contributed by atoms with Crippen LogP contribution in [0.2, 0.25) is 0 Å². The molecule has 1 amide bonds. The average Bonchev–Trinajstić information content (AvgIpc) is 3.46. The largest absolute Gasteiger partial charge is 0.497 e. The number of pyridine rings is 1. The number of carbonyl (C=O) groups is 1. The molecule has 0 radical (unpaired) electrons. The molecule has 0 bridgehead atoms. The van der Waals surface area contributed by atoms with Crippen LogP contribution < -0.4 is 20.1 Å². The Kier molecular flexibility index (Phi) is 5.46. The molecule has 0 aliphatic rings. The number of hydrogen-bond acceptors (Lipinski definition) is 8. The maximum atomic E-state index is 12.2. The van der Waals surface area contributed by atoms with Gasteiger partial charge in [0.25, 0.3) is 5.71 Å². The average molecular weight is 458 g/mol. The third-order valence-electron chi connectivity index (χ3n) is 5.33. The summed E-state index contributed by atoms with van der Waals surface area (Å²) in [4.78, 5) is 25.8. The number of aromatic nitrogens is 4. The quantitative estimate of drug-likeness (QED) is 0.390.